The second-order valence-corrected chi connectivity index (χ2v) is 2.91. The monoisotopic (exact) mass is 194 g/mol. The van der Waals surface area contributed by atoms with Gasteiger partial charge in [0.2, 0.25) is 6.79 Å². The zero-order valence-corrected chi connectivity index (χ0v) is 7.52. The van der Waals surface area contributed by atoms with E-state index in [1.54, 1.807) is 18.2 Å². The van der Waals surface area contributed by atoms with Crippen molar-refractivity contribution in [1.29, 1.82) is 0 Å². The summed E-state index contributed by atoms with van der Waals surface area (Å²) in [6.07, 6.45) is 0. The number of rotatable bonds is 2. The third-order valence-corrected chi connectivity index (χ3v) is 2.06. The van der Waals surface area contributed by atoms with Crippen LogP contribution in [0.15, 0.2) is 18.2 Å². The number of benzene rings is 1. The SMILES string of the molecule is C[C](c1ccc2c(c1)OCO2)[N+](=O)[O-]. The lowest BCUT2D eigenvalue weighted by molar-refractivity contribution is -0.456. The molecule has 0 atom stereocenters. The predicted octanol–water partition coefficient (Wildman–Crippen LogP) is 1.59. The molecule has 0 unspecified atom stereocenters. The van der Waals surface area contributed by atoms with Gasteiger partial charge in [-0.25, -0.2) is 0 Å². The van der Waals surface area contributed by atoms with Gasteiger partial charge in [0.05, 0.1) is 0 Å². The normalized spacial score (nSPS) is 13.3. The van der Waals surface area contributed by atoms with E-state index in [0.29, 0.717) is 17.1 Å². The van der Waals surface area contributed by atoms with E-state index in [2.05, 4.69) is 0 Å². The third-order valence-electron chi connectivity index (χ3n) is 2.06. The highest BCUT2D eigenvalue weighted by molar-refractivity contribution is 5.46. The topological polar surface area (TPSA) is 61.6 Å². The van der Waals surface area contributed by atoms with Gasteiger partial charge in [-0.3, -0.25) is 10.1 Å². The number of fused-ring (bicyclic) bond motifs is 1. The molecule has 0 fully saturated rings. The van der Waals surface area contributed by atoms with Crippen molar-refractivity contribution in [2.24, 2.45) is 0 Å². The van der Waals surface area contributed by atoms with Gasteiger partial charge in [0.25, 0.3) is 0 Å². The summed E-state index contributed by atoms with van der Waals surface area (Å²) in [6.45, 7) is 1.63. The molecular formula is C9H8NO4. The molecule has 14 heavy (non-hydrogen) atoms. The average molecular weight is 194 g/mol. The van der Waals surface area contributed by atoms with Crippen molar-refractivity contribution in [1.82, 2.24) is 0 Å². The molecule has 0 spiro atoms. The Balaban J connectivity index is 2.33. The second-order valence-electron chi connectivity index (χ2n) is 2.91. The van der Waals surface area contributed by atoms with E-state index < -0.39 is 4.92 Å². The first-order valence-corrected chi connectivity index (χ1v) is 4.06. The van der Waals surface area contributed by atoms with Gasteiger partial charge in [-0.05, 0) is 18.2 Å². The Morgan fingerprint density at radius 3 is 2.86 bits per heavy atom. The molecule has 1 aromatic rings. The average Bonchev–Trinajstić information content (AvgIpc) is 2.62. The van der Waals surface area contributed by atoms with Gasteiger partial charge in [-0.15, -0.1) is 0 Å². The number of hydrogen-bond acceptors (Lipinski definition) is 4. The molecule has 5 nitrogen and oxygen atoms in total. The zero-order valence-electron chi connectivity index (χ0n) is 7.52. The Morgan fingerprint density at radius 2 is 2.14 bits per heavy atom. The smallest absolute Gasteiger partial charge is 0.316 e. The Kier molecular flexibility index (Phi) is 1.99. The van der Waals surface area contributed by atoms with Crippen LogP contribution in [0.4, 0.5) is 0 Å². The first-order chi connectivity index (χ1) is 6.68. The number of nitrogens with zero attached hydrogens (tertiary/aromatic N) is 1. The van der Waals surface area contributed by atoms with Crippen LogP contribution in [0, 0.1) is 16.2 Å². The van der Waals surface area contributed by atoms with Crippen molar-refractivity contribution >= 4 is 0 Å². The van der Waals surface area contributed by atoms with Crippen LogP contribution in [0.3, 0.4) is 0 Å². The molecule has 0 N–H and O–H groups in total. The maximum atomic E-state index is 10.5. The summed E-state index contributed by atoms with van der Waals surface area (Å²) in [7, 11) is 0. The van der Waals surface area contributed by atoms with Gasteiger partial charge in [0.1, 0.15) is 0 Å². The molecule has 5 heteroatoms. The third kappa shape index (κ3) is 1.37. The molecular weight excluding hydrogens is 186 g/mol. The highest BCUT2D eigenvalue weighted by Crippen LogP contribution is 2.34. The molecule has 1 aromatic carbocycles. The molecule has 73 valence electrons. The van der Waals surface area contributed by atoms with E-state index in [4.69, 9.17) is 9.47 Å². The van der Waals surface area contributed by atoms with Gasteiger partial charge in [-0.1, -0.05) is 0 Å². The van der Waals surface area contributed by atoms with Gasteiger partial charge in [0.15, 0.2) is 11.5 Å². The van der Waals surface area contributed by atoms with Gasteiger partial charge >= 0.3 is 6.04 Å². The number of ether oxygens (including phenoxy) is 2. The van der Waals surface area contributed by atoms with Crippen molar-refractivity contribution < 1.29 is 14.4 Å². The predicted molar refractivity (Wildman–Crippen MR) is 47.6 cm³/mol. The fourth-order valence-corrected chi connectivity index (χ4v) is 1.23. The zero-order chi connectivity index (χ0) is 10.1. The Morgan fingerprint density at radius 1 is 1.43 bits per heavy atom. The molecule has 0 aliphatic carbocycles. The molecule has 0 bridgehead atoms. The summed E-state index contributed by atoms with van der Waals surface area (Å²) in [4.78, 5) is 10.1. The lowest BCUT2D eigenvalue weighted by atomic mass is 10.1. The summed E-state index contributed by atoms with van der Waals surface area (Å²) >= 11 is 0. The minimum absolute atomic E-state index is 0.100. The van der Waals surface area contributed by atoms with Crippen molar-refractivity contribution in [3.8, 4) is 11.5 Å². The van der Waals surface area contributed by atoms with Crippen molar-refractivity contribution in [2.45, 2.75) is 6.92 Å². The minimum atomic E-state index is -0.419. The molecule has 0 saturated carbocycles. The van der Waals surface area contributed by atoms with Crippen LogP contribution in [-0.2, 0) is 0 Å². The number of hydrogen-bond donors (Lipinski definition) is 0. The molecule has 0 amide bonds. The highest BCUT2D eigenvalue weighted by Gasteiger charge is 2.22. The van der Waals surface area contributed by atoms with Gasteiger partial charge in [0, 0.05) is 17.4 Å². The Hall–Kier alpha value is -1.78. The molecule has 0 saturated heterocycles. The molecule has 1 radical (unpaired) electrons. The van der Waals surface area contributed by atoms with Crippen molar-refractivity contribution in [3.05, 3.63) is 39.9 Å². The largest absolute Gasteiger partial charge is 0.454 e. The maximum Gasteiger partial charge on any atom is 0.316 e. The Bertz CT molecular complexity index is 377. The van der Waals surface area contributed by atoms with Gasteiger partial charge < -0.3 is 9.47 Å². The molecule has 1 aliphatic heterocycles. The lowest BCUT2D eigenvalue weighted by Gasteiger charge is -2.02. The van der Waals surface area contributed by atoms with E-state index in [-0.39, 0.29) is 12.8 Å². The van der Waals surface area contributed by atoms with E-state index in [9.17, 15) is 10.1 Å². The van der Waals surface area contributed by atoms with Crippen LogP contribution in [-0.4, -0.2) is 11.7 Å². The van der Waals surface area contributed by atoms with E-state index in [1.165, 1.54) is 6.92 Å². The Labute approximate surface area is 80.4 Å². The van der Waals surface area contributed by atoms with Gasteiger partial charge in [-0.2, -0.15) is 0 Å². The van der Waals surface area contributed by atoms with Crippen LogP contribution in [0.2, 0.25) is 0 Å². The standard InChI is InChI=1S/C9H8NO4/c1-6(10(11)12)7-2-3-8-9(4-7)14-5-13-8/h2-4H,5H2,1H3. The summed E-state index contributed by atoms with van der Waals surface area (Å²) < 4.78 is 10.2. The van der Waals surface area contributed by atoms with Crippen molar-refractivity contribution in [3.63, 3.8) is 0 Å². The summed E-state index contributed by atoms with van der Waals surface area (Å²) in [6, 6.07) is 5.03. The molecule has 0 aromatic heterocycles. The fourth-order valence-electron chi connectivity index (χ4n) is 1.23. The second kappa shape index (κ2) is 3.17. The molecule has 1 heterocycles. The van der Waals surface area contributed by atoms with E-state index >= 15 is 0 Å². The van der Waals surface area contributed by atoms with Crippen molar-refractivity contribution in [2.75, 3.05) is 6.79 Å². The van der Waals surface area contributed by atoms with Crippen LogP contribution >= 0.6 is 0 Å². The lowest BCUT2D eigenvalue weighted by Crippen LogP contribution is -2.06. The summed E-state index contributed by atoms with van der Waals surface area (Å²) in [5.74, 6) is 1.19. The summed E-state index contributed by atoms with van der Waals surface area (Å²) in [5.41, 5.74) is 0.541. The number of nitro groups is 1. The summed E-state index contributed by atoms with van der Waals surface area (Å²) in [5, 5.41) is 10.5. The molecule has 1 aliphatic rings. The maximum absolute atomic E-state index is 10.5. The van der Waals surface area contributed by atoms with Crippen LogP contribution in [0.1, 0.15) is 12.5 Å². The van der Waals surface area contributed by atoms with Crippen LogP contribution in [0.25, 0.3) is 0 Å². The quantitative estimate of drug-likeness (QED) is 0.529. The van der Waals surface area contributed by atoms with E-state index in [1.807, 2.05) is 0 Å². The minimum Gasteiger partial charge on any atom is -0.454 e. The van der Waals surface area contributed by atoms with Crippen LogP contribution < -0.4 is 9.47 Å². The van der Waals surface area contributed by atoms with E-state index in [0.717, 1.165) is 0 Å². The highest BCUT2D eigenvalue weighted by atomic mass is 16.7. The fraction of sp³-hybridized carbons (Fsp3) is 0.222. The van der Waals surface area contributed by atoms with Crippen LogP contribution in [0.5, 0.6) is 11.5 Å². The first-order valence-electron chi connectivity index (χ1n) is 4.06. The molecule has 2 rings (SSSR count). The first kappa shape index (κ1) is 8.80.